The third kappa shape index (κ3) is 2.66. The van der Waals surface area contributed by atoms with E-state index in [-0.39, 0.29) is 21.8 Å². The Kier molecular flexibility index (Phi) is 3.78. The third-order valence-corrected chi connectivity index (χ3v) is 2.64. The fourth-order valence-corrected chi connectivity index (χ4v) is 1.64. The molecule has 0 amide bonds. The molecule has 0 atom stereocenters. The highest BCUT2D eigenvalue weighted by atomic mass is 32.2. The minimum absolute atomic E-state index is 0.0457. The number of hydrogen-bond donors (Lipinski definition) is 1. The lowest BCUT2D eigenvalue weighted by Crippen LogP contribution is -2.04. The molecule has 0 heterocycles. The Morgan fingerprint density at radius 1 is 1.12 bits per heavy atom. The summed E-state index contributed by atoms with van der Waals surface area (Å²) in [4.78, 5) is 22.3. The summed E-state index contributed by atoms with van der Waals surface area (Å²) >= 11 is 0. The number of Topliss-reactive ketones (excluding diaryl/α,β-unsaturated/α-hetero) is 1. The normalized spacial score (nSPS) is 10.2. The van der Waals surface area contributed by atoms with Gasteiger partial charge in [-0.3, -0.25) is 4.79 Å². The van der Waals surface area contributed by atoms with Crippen molar-refractivity contribution in [1.82, 2.24) is 0 Å². The molecule has 86 valence electrons. The van der Waals surface area contributed by atoms with E-state index in [9.17, 15) is 18.0 Å². The average Bonchev–Trinajstić information content (AvgIpc) is 2.27. The minimum Gasteiger partial charge on any atom is -0.465 e. The number of methoxy groups -OCH3 is 1. The van der Waals surface area contributed by atoms with Gasteiger partial charge in [0, 0.05) is 5.56 Å². The van der Waals surface area contributed by atoms with E-state index in [1.807, 2.05) is 0 Å². The number of esters is 1. The highest BCUT2D eigenvalue weighted by Gasteiger charge is 2.11. The molecule has 0 aliphatic carbocycles. The van der Waals surface area contributed by atoms with Crippen molar-refractivity contribution in [2.45, 2.75) is 11.8 Å². The van der Waals surface area contributed by atoms with Crippen LogP contribution in [-0.2, 0) is 15.4 Å². The second-order valence-corrected chi connectivity index (χ2v) is 4.10. The van der Waals surface area contributed by atoms with Gasteiger partial charge in [-0.25, -0.2) is 13.2 Å². The molecule has 16 heavy (non-hydrogen) atoms. The molecule has 0 aromatic heterocycles. The molecule has 0 radical (unpaired) electrons. The van der Waals surface area contributed by atoms with Crippen molar-refractivity contribution in [1.29, 1.82) is 0 Å². The molecule has 6 heteroatoms. The second kappa shape index (κ2) is 4.89. The van der Waals surface area contributed by atoms with Crippen molar-refractivity contribution in [3.63, 3.8) is 0 Å². The molecule has 1 rings (SSSR count). The quantitative estimate of drug-likeness (QED) is 0.478. The molecule has 5 nitrogen and oxygen atoms in total. The van der Waals surface area contributed by atoms with Crippen molar-refractivity contribution in [2.75, 3.05) is 7.11 Å². The van der Waals surface area contributed by atoms with Crippen molar-refractivity contribution in [3.8, 4) is 0 Å². The Balaban J connectivity index is 3.41. The molecule has 0 bridgehead atoms. The molecule has 0 aliphatic heterocycles. The third-order valence-electron chi connectivity index (χ3n) is 1.96. The van der Waals surface area contributed by atoms with E-state index >= 15 is 0 Å². The highest BCUT2D eigenvalue weighted by Crippen LogP contribution is 2.13. The van der Waals surface area contributed by atoms with Crippen LogP contribution in [0.4, 0.5) is 0 Å². The van der Waals surface area contributed by atoms with Crippen LogP contribution in [0, 0.1) is 0 Å². The SMILES string of the molecule is COC(=O)c1cc(C(C)=O)cc([SH](=O)=O)c1. The van der Waals surface area contributed by atoms with Crippen LogP contribution in [0.2, 0.25) is 0 Å². The van der Waals surface area contributed by atoms with Gasteiger partial charge in [0.25, 0.3) is 0 Å². The smallest absolute Gasteiger partial charge is 0.337 e. The van der Waals surface area contributed by atoms with Gasteiger partial charge in [-0.05, 0) is 25.1 Å². The Labute approximate surface area is 94.0 Å². The largest absolute Gasteiger partial charge is 0.465 e. The Hall–Kier alpha value is -1.69. The minimum atomic E-state index is -2.84. The van der Waals surface area contributed by atoms with Crippen LogP contribution >= 0.6 is 0 Å². The standard InChI is InChI=1S/C10H10O5S/c1-6(11)7-3-8(10(12)15-2)5-9(4-7)16(13)14/h3-5,16H,1-2H3. The average molecular weight is 242 g/mol. The van der Waals surface area contributed by atoms with Crippen LogP contribution in [0.1, 0.15) is 27.6 Å². The molecule has 0 spiro atoms. The molecule has 1 aromatic carbocycles. The summed E-state index contributed by atoms with van der Waals surface area (Å²) in [6.45, 7) is 1.29. The number of carbonyl (C=O) groups excluding carboxylic acids is 2. The van der Waals surface area contributed by atoms with Gasteiger partial charge in [-0.1, -0.05) is 0 Å². The lowest BCUT2D eigenvalue weighted by Gasteiger charge is -2.03. The maximum absolute atomic E-state index is 11.2. The van der Waals surface area contributed by atoms with E-state index in [4.69, 9.17) is 0 Å². The summed E-state index contributed by atoms with van der Waals surface area (Å²) in [5, 5.41) is 0. The highest BCUT2D eigenvalue weighted by molar-refractivity contribution is 7.72. The summed E-state index contributed by atoms with van der Waals surface area (Å²) in [5.41, 5.74) is 0.210. The molecule has 0 saturated carbocycles. The summed E-state index contributed by atoms with van der Waals surface area (Å²) in [7, 11) is -1.66. The van der Waals surface area contributed by atoms with Crippen LogP contribution in [0.5, 0.6) is 0 Å². The van der Waals surface area contributed by atoms with E-state index in [2.05, 4.69) is 4.74 Å². The van der Waals surface area contributed by atoms with Gasteiger partial charge in [0.05, 0.1) is 17.6 Å². The maximum Gasteiger partial charge on any atom is 0.337 e. The topological polar surface area (TPSA) is 77.5 Å². The first-order chi connectivity index (χ1) is 7.45. The van der Waals surface area contributed by atoms with Gasteiger partial charge in [0.1, 0.15) is 0 Å². The zero-order chi connectivity index (χ0) is 12.3. The molecule has 1 aromatic rings. The van der Waals surface area contributed by atoms with Crippen LogP contribution in [-0.4, -0.2) is 27.3 Å². The number of hydrogen-bond acceptors (Lipinski definition) is 5. The number of ketones is 1. The van der Waals surface area contributed by atoms with E-state index < -0.39 is 16.7 Å². The maximum atomic E-state index is 11.2. The van der Waals surface area contributed by atoms with Gasteiger partial charge >= 0.3 is 5.97 Å². The lowest BCUT2D eigenvalue weighted by molar-refractivity contribution is 0.0600. The summed E-state index contributed by atoms with van der Waals surface area (Å²) in [6, 6.07) is 3.70. The van der Waals surface area contributed by atoms with Gasteiger partial charge < -0.3 is 4.74 Å². The van der Waals surface area contributed by atoms with E-state index in [0.717, 1.165) is 0 Å². The van der Waals surface area contributed by atoms with Crippen LogP contribution < -0.4 is 0 Å². The molecule has 0 fully saturated rings. The lowest BCUT2D eigenvalue weighted by atomic mass is 10.1. The predicted octanol–water partition coefficient (Wildman–Crippen LogP) is 0.646. The van der Waals surface area contributed by atoms with Crippen LogP contribution in [0.3, 0.4) is 0 Å². The summed E-state index contributed by atoms with van der Waals surface area (Å²) < 4.78 is 26.1. The molecule has 0 aliphatic rings. The number of ether oxygens (including phenoxy) is 1. The van der Waals surface area contributed by atoms with Crippen LogP contribution in [0.15, 0.2) is 23.1 Å². The zero-order valence-electron chi connectivity index (χ0n) is 8.72. The van der Waals surface area contributed by atoms with Gasteiger partial charge in [-0.2, -0.15) is 0 Å². The van der Waals surface area contributed by atoms with Crippen molar-refractivity contribution < 1.29 is 22.7 Å². The molecular formula is C10H10O5S. The monoisotopic (exact) mass is 242 g/mol. The Morgan fingerprint density at radius 3 is 2.12 bits per heavy atom. The molecule has 0 saturated heterocycles. The zero-order valence-corrected chi connectivity index (χ0v) is 9.61. The van der Waals surface area contributed by atoms with E-state index in [1.165, 1.54) is 32.2 Å². The number of benzene rings is 1. The predicted molar refractivity (Wildman–Crippen MR) is 56.4 cm³/mol. The molecule has 0 unspecified atom stereocenters. The fourth-order valence-electron chi connectivity index (χ4n) is 1.16. The van der Waals surface area contributed by atoms with E-state index in [0.29, 0.717) is 0 Å². The summed E-state index contributed by atoms with van der Waals surface area (Å²) in [5.74, 6) is -0.995. The van der Waals surface area contributed by atoms with Crippen molar-refractivity contribution >= 4 is 22.5 Å². The molecule has 0 N–H and O–H groups in total. The fraction of sp³-hybridized carbons (Fsp3) is 0.200. The number of rotatable bonds is 3. The first-order valence-electron chi connectivity index (χ1n) is 4.34. The first-order valence-corrected chi connectivity index (χ1v) is 5.52. The Morgan fingerprint density at radius 2 is 1.69 bits per heavy atom. The van der Waals surface area contributed by atoms with E-state index in [1.54, 1.807) is 0 Å². The van der Waals surface area contributed by atoms with Gasteiger partial charge in [0.15, 0.2) is 16.5 Å². The van der Waals surface area contributed by atoms with Gasteiger partial charge in [0.2, 0.25) is 0 Å². The van der Waals surface area contributed by atoms with Crippen molar-refractivity contribution in [2.24, 2.45) is 0 Å². The second-order valence-electron chi connectivity index (χ2n) is 3.07. The first kappa shape index (κ1) is 12.4. The molecular weight excluding hydrogens is 232 g/mol. The Bertz CT molecular complexity index is 508. The van der Waals surface area contributed by atoms with Crippen LogP contribution in [0.25, 0.3) is 0 Å². The van der Waals surface area contributed by atoms with Gasteiger partial charge in [-0.15, -0.1) is 0 Å². The number of carbonyl (C=O) groups is 2. The summed E-state index contributed by atoms with van der Waals surface area (Å²) in [6.07, 6.45) is 0. The van der Waals surface area contributed by atoms with Crippen molar-refractivity contribution in [3.05, 3.63) is 29.3 Å². The number of thiol groups is 1.